The summed E-state index contributed by atoms with van der Waals surface area (Å²) in [7, 11) is 7.36. The molecule has 0 aromatic heterocycles. The fourth-order valence-corrected chi connectivity index (χ4v) is 2.35. The predicted octanol–water partition coefficient (Wildman–Crippen LogP) is 5.75. The third kappa shape index (κ3) is 11.4. The van der Waals surface area contributed by atoms with Crippen molar-refractivity contribution in [2.24, 2.45) is 0 Å². The van der Waals surface area contributed by atoms with Crippen molar-refractivity contribution in [2.45, 2.75) is 12.8 Å². The first-order chi connectivity index (χ1) is 14.7. The second kappa shape index (κ2) is 14.4. The van der Waals surface area contributed by atoms with Gasteiger partial charge in [-0.2, -0.15) is 0 Å². The highest BCUT2D eigenvalue weighted by molar-refractivity contribution is 8.26. The summed E-state index contributed by atoms with van der Waals surface area (Å²) in [6.07, 6.45) is -0.149. The Morgan fingerprint density at radius 2 is 1.13 bits per heavy atom. The van der Waals surface area contributed by atoms with Gasteiger partial charge >= 0.3 is 5.97 Å². The van der Waals surface area contributed by atoms with Crippen molar-refractivity contribution < 1.29 is 27.7 Å². The molecule has 3 aromatic carbocycles. The lowest BCUT2D eigenvalue weighted by atomic mass is 10.0. The van der Waals surface area contributed by atoms with Crippen LogP contribution in [0.25, 0.3) is 0 Å². The molecule has 0 spiro atoms. The third-order valence-electron chi connectivity index (χ3n) is 3.70. The van der Waals surface area contributed by atoms with E-state index in [2.05, 4.69) is 21.4 Å². The number of carbonyl (C=O) groups excluding carboxylic acids is 1. The van der Waals surface area contributed by atoms with E-state index in [1.807, 2.05) is 6.07 Å². The van der Waals surface area contributed by atoms with E-state index < -0.39 is 21.0 Å². The lowest BCUT2D eigenvalue weighted by molar-refractivity contribution is -0.136. The minimum Gasteiger partial charge on any atom is -0.481 e. The molecular weight excluding hydrogens is 469 g/mol. The van der Waals surface area contributed by atoms with Crippen LogP contribution in [0.3, 0.4) is 0 Å². The molecule has 0 heterocycles. The highest BCUT2D eigenvalue weighted by atomic mass is 36.0. The van der Waals surface area contributed by atoms with E-state index >= 15 is 0 Å². The number of halogens is 4. The van der Waals surface area contributed by atoms with Crippen LogP contribution in [-0.4, -0.2) is 21.1 Å². The van der Waals surface area contributed by atoms with Gasteiger partial charge in [0.25, 0.3) is 0 Å². The fourth-order valence-electron chi connectivity index (χ4n) is 2.35. The Labute approximate surface area is 189 Å². The number of rotatable bonds is 5. The van der Waals surface area contributed by atoms with Crippen LogP contribution in [0.5, 0.6) is 0 Å². The van der Waals surface area contributed by atoms with Crippen LogP contribution < -0.4 is 0 Å². The van der Waals surface area contributed by atoms with Crippen molar-refractivity contribution in [2.75, 3.05) is 0 Å². The van der Waals surface area contributed by atoms with E-state index in [1.54, 1.807) is 48.5 Å². The van der Waals surface area contributed by atoms with Gasteiger partial charge in [-0.1, -0.05) is 66.7 Å². The molecule has 0 aliphatic rings. The van der Waals surface area contributed by atoms with Gasteiger partial charge in [-0.15, -0.1) is 0 Å². The van der Waals surface area contributed by atoms with Crippen molar-refractivity contribution >= 4 is 42.3 Å². The van der Waals surface area contributed by atoms with Crippen molar-refractivity contribution in [3.8, 4) is 0 Å². The summed E-state index contributed by atoms with van der Waals surface area (Å²) in [5, 5.41) is 8.32. The molecule has 0 aliphatic heterocycles. The Kier molecular flexibility index (Phi) is 12.3. The van der Waals surface area contributed by atoms with Gasteiger partial charge in [-0.3, -0.25) is 9.59 Å². The highest BCUT2D eigenvalue weighted by Gasteiger charge is 2.09. The number of hydrogen-bond donors (Lipinski definition) is 1. The quantitative estimate of drug-likeness (QED) is 0.368. The molecule has 164 valence electrons. The third-order valence-corrected chi connectivity index (χ3v) is 3.70. The first-order valence-corrected chi connectivity index (χ1v) is 11.5. The zero-order valence-electron chi connectivity index (χ0n) is 16.0. The maximum atomic E-state index is 13.3. The van der Waals surface area contributed by atoms with Crippen molar-refractivity contribution in [1.82, 2.24) is 0 Å². The molecule has 0 saturated carbocycles. The van der Waals surface area contributed by atoms with Gasteiger partial charge in [0.2, 0.25) is 9.23 Å². The Bertz CT molecular complexity index is 1010. The first-order valence-electron chi connectivity index (χ1n) is 8.71. The van der Waals surface area contributed by atoms with Crippen molar-refractivity contribution in [1.29, 1.82) is 0 Å². The van der Waals surface area contributed by atoms with Crippen LogP contribution in [0, 0.1) is 11.6 Å². The summed E-state index contributed by atoms with van der Waals surface area (Å²) in [4.78, 5) is 22.0. The number of carbonyl (C=O) groups is 2. The van der Waals surface area contributed by atoms with E-state index in [0.29, 0.717) is 11.1 Å². The lowest BCUT2D eigenvalue weighted by Crippen LogP contribution is -2.04. The summed E-state index contributed by atoms with van der Waals surface area (Å²) in [5.74, 6) is -1.87. The van der Waals surface area contributed by atoms with Gasteiger partial charge in [0.05, 0.1) is 6.42 Å². The summed E-state index contributed by atoms with van der Waals surface area (Å²) in [5.41, 5.74) is 1.28. The molecular formula is C22H18Cl2F2O4S. The number of ketones is 1. The monoisotopic (exact) mass is 486 g/mol. The van der Waals surface area contributed by atoms with Crippen LogP contribution in [0.1, 0.15) is 21.5 Å². The predicted molar refractivity (Wildman–Crippen MR) is 118 cm³/mol. The number of benzene rings is 3. The number of hydrogen-bond acceptors (Lipinski definition) is 3. The average Bonchev–Trinajstić information content (AvgIpc) is 2.72. The van der Waals surface area contributed by atoms with E-state index in [4.69, 9.17) is 9.32 Å². The molecule has 0 radical (unpaired) electrons. The molecule has 0 aliphatic carbocycles. The molecule has 3 rings (SSSR count). The maximum Gasteiger partial charge on any atom is 0.307 e. The van der Waals surface area contributed by atoms with E-state index in [-0.39, 0.29) is 30.0 Å². The Balaban J connectivity index is 0.000000278. The first kappa shape index (κ1) is 26.4. The molecule has 1 N–H and O–H groups in total. The number of carboxylic acid groups (broad SMARTS) is 1. The van der Waals surface area contributed by atoms with Crippen LogP contribution in [-0.2, 0) is 26.9 Å². The van der Waals surface area contributed by atoms with E-state index in [1.165, 1.54) is 24.3 Å². The second-order valence-corrected chi connectivity index (χ2v) is 8.43. The topological polar surface area (TPSA) is 71.4 Å². The summed E-state index contributed by atoms with van der Waals surface area (Å²) in [6.45, 7) is 0. The molecule has 0 amide bonds. The van der Waals surface area contributed by atoms with Gasteiger partial charge in [-0.05, 0) is 23.3 Å². The fraction of sp³-hybridized carbons (Fsp3) is 0.0909. The summed E-state index contributed by atoms with van der Waals surface area (Å²) in [6, 6.07) is 21.1. The standard InChI is InChI=1S/C14H11FO.C8H7FO2.Cl2OS/c15-13-9-5-4-8-12(13)10-14(16)11-6-2-1-3-7-11;9-7-4-2-1-3-6(7)5-8(10)11;1-4(2)3/h1-9H,10H2;1-4H,5H2,(H,10,11);. The van der Waals surface area contributed by atoms with Crippen molar-refractivity contribution in [3.63, 3.8) is 0 Å². The highest BCUT2D eigenvalue weighted by Crippen LogP contribution is 2.11. The molecule has 31 heavy (non-hydrogen) atoms. The average molecular weight is 487 g/mol. The molecule has 0 saturated heterocycles. The molecule has 4 nitrogen and oxygen atoms in total. The molecule has 9 heteroatoms. The van der Waals surface area contributed by atoms with Gasteiger partial charge < -0.3 is 5.11 Å². The molecule has 0 unspecified atom stereocenters. The summed E-state index contributed by atoms with van der Waals surface area (Å²) < 4.78 is 35.1. The largest absolute Gasteiger partial charge is 0.481 e. The lowest BCUT2D eigenvalue weighted by Gasteiger charge is -2.02. The Hall–Kier alpha value is -2.61. The van der Waals surface area contributed by atoms with Crippen molar-refractivity contribution in [3.05, 3.63) is 107 Å². The number of carboxylic acids is 1. The SMILES string of the molecule is O=C(Cc1ccccc1F)c1ccccc1.O=C(O)Cc1ccccc1F.O=S(Cl)Cl. The second-order valence-electron chi connectivity index (χ2n) is 5.90. The summed E-state index contributed by atoms with van der Waals surface area (Å²) >= 11 is 0. The van der Waals surface area contributed by atoms with Crippen LogP contribution in [0.4, 0.5) is 8.78 Å². The number of Topliss-reactive ketones (excluding diaryl/α,β-unsaturated/α-hetero) is 1. The smallest absolute Gasteiger partial charge is 0.307 e. The zero-order valence-corrected chi connectivity index (χ0v) is 18.3. The van der Waals surface area contributed by atoms with Gasteiger partial charge in [0, 0.05) is 33.3 Å². The maximum absolute atomic E-state index is 13.3. The Morgan fingerprint density at radius 3 is 1.55 bits per heavy atom. The zero-order chi connectivity index (χ0) is 23.2. The Morgan fingerprint density at radius 1 is 0.742 bits per heavy atom. The molecule has 0 atom stereocenters. The minimum absolute atomic E-state index is 0.0642. The van der Waals surface area contributed by atoms with E-state index in [9.17, 15) is 18.4 Å². The molecule has 0 bridgehead atoms. The van der Waals surface area contributed by atoms with Crippen LogP contribution in [0.15, 0.2) is 78.9 Å². The van der Waals surface area contributed by atoms with Gasteiger partial charge in [-0.25, -0.2) is 13.0 Å². The van der Waals surface area contributed by atoms with Gasteiger partial charge in [0.1, 0.15) is 11.6 Å². The van der Waals surface area contributed by atoms with E-state index in [0.717, 1.165) is 0 Å². The van der Waals surface area contributed by atoms with Gasteiger partial charge in [0.15, 0.2) is 5.78 Å². The molecule has 3 aromatic rings. The van der Waals surface area contributed by atoms with Crippen LogP contribution in [0.2, 0.25) is 0 Å². The number of aliphatic carboxylic acids is 1. The molecule has 0 fully saturated rings. The minimum atomic E-state index is -1.67. The van der Waals surface area contributed by atoms with Crippen LogP contribution >= 0.6 is 21.4 Å². The normalized spacial score (nSPS) is 9.71.